The van der Waals surface area contributed by atoms with Gasteiger partial charge in [0.1, 0.15) is 0 Å². The molecule has 4 heteroatoms. The first-order valence-electron chi connectivity index (χ1n) is 19.7. The molecular weight excluding hydrogens is 711 g/mol. The van der Waals surface area contributed by atoms with Crippen molar-refractivity contribution < 1.29 is 0 Å². The van der Waals surface area contributed by atoms with E-state index in [1.54, 1.807) is 0 Å². The molecule has 0 N–H and O–H groups in total. The van der Waals surface area contributed by atoms with Gasteiger partial charge < -0.3 is 0 Å². The first kappa shape index (κ1) is 31.3. The average Bonchev–Trinajstić information content (AvgIpc) is 3.88. The van der Waals surface area contributed by atoms with E-state index in [9.17, 15) is 0 Å². The fraction of sp³-hybridized carbons (Fsp3) is 0.0566. The summed E-state index contributed by atoms with van der Waals surface area (Å²) in [5, 5.41) is 15.0. The standard InChI is InChI=1S/C53H33N3S/c1-53(2)42-21-11-9-20-40(42)48-49(31-24-25-37-36-18-10-12-22-44(36)57-45(37)29-31)54-52(55-51(48)53)56-43-28-27-39-35-17-6-5-15-33(35)34-16-7-8-19-38(34)46(39)47(43)41-26-23-30-13-3-4-14-32(30)50(41)56/h3-29H,1-2H3. The minimum Gasteiger partial charge on any atom is -0.277 e. The van der Waals surface area contributed by atoms with Crippen LogP contribution in [0.1, 0.15) is 25.1 Å². The molecule has 3 nitrogen and oxygen atoms in total. The first-order valence-corrected chi connectivity index (χ1v) is 20.5. The second-order valence-electron chi connectivity index (χ2n) is 16.1. The van der Waals surface area contributed by atoms with Gasteiger partial charge in [0.15, 0.2) is 0 Å². The molecule has 9 aromatic carbocycles. The second kappa shape index (κ2) is 11.1. The fourth-order valence-electron chi connectivity index (χ4n) is 10.2. The maximum absolute atomic E-state index is 5.74. The van der Waals surface area contributed by atoms with Gasteiger partial charge in [0, 0.05) is 58.3 Å². The number of hydrogen-bond donors (Lipinski definition) is 0. The van der Waals surface area contributed by atoms with E-state index in [1.165, 1.54) is 85.2 Å². The molecule has 0 unspecified atom stereocenters. The van der Waals surface area contributed by atoms with Crippen molar-refractivity contribution in [1.29, 1.82) is 0 Å². The van der Waals surface area contributed by atoms with Crippen LogP contribution in [-0.2, 0) is 5.41 Å². The van der Waals surface area contributed by atoms with E-state index in [0.717, 1.165) is 33.5 Å². The van der Waals surface area contributed by atoms with Gasteiger partial charge in [0.05, 0.1) is 22.4 Å². The summed E-state index contributed by atoms with van der Waals surface area (Å²) in [4.78, 5) is 11.4. The predicted molar refractivity (Wildman–Crippen MR) is 242 cm³/mol. The maximum atomic E-state index is 5.74. The zero-order valence-electron chi connectivity index (χ0n) is 31.3. The quantitative estimate of drug-likeness (QED) is 0.165. The van der Waals surface area contributed by atoms with Gasteiger partial charge >= 0.3 is 0 Å². The van der Waals surface area contributed by atoms with Crippen molar-refractivity contribution in [1.82, 2.24) is 14.5 Å². The van der Waals surface area contributed by atoms with E-state index in [0.29, 0.717) is 5.95 Å². The van der Waals surface area contributed by atoms with Crippen LogP contribution in [0.3, 0.4) is 0 Å². The smallest absolute Gasteiger partial charge is 0.235 e. The van der Waals surface area contributed by atoms with Crippen LogP contribution in [0.2, 0.25) is 0 Å². The minimum absolute atomic E-state index is 0.331. The van der Waals surface area contributed by atoms with Gasteiger partial charge in [-0.2, -0.15) is 0 Å². The number of aromatic nitrogens is 3. The summed E-state index contributed by atoms with van der Waals surface area (Å²) in [6.45, 7) is 4.64. The second-order valence-corrected chi connectivity index (χ2v) is 17.2. The van der Waals surface area contributed by atoms with Gasteiger partial charge in [-0.05, 0) is 61.6 Å². The van der Waals surface area contributed by atoms with Gasteiger partial charge in [-0.3, -0.25) is 4.57 Å². The summed E-state index contributed by atoms with van der Waals surface area (Å²) in [5.74, 6) is 0.696. The molecule has 3 aromatic heterocycles. The summed E-state index contributed by atoms with van der Waals surface area (Å²) in [5.41, 5.74) is 8.68. The van der Waals surface area contributed by atoms with Crippen LogP contribution in [0.4, 0.5) is 0 Å². The molecule has 0 spiro atoms. The summed E-state index contributed by atoms with van der Waals surface area (Å²) in [6, 6.07) is 60.2. The topological polar surface area (TPSA) is 30.7 Å². The summed E-state index contributed by atoms with van der Waals surface area (Å²) in [7, 11) is 0. The normalized spacial score (nSPS) is 13.6. The number of nitrogens with zero attached hydrogens (tertiary/aromatic N) is 3. The predicted octanol–water partition coefficient (Wildman–Crippen LogP) is 14.5. The molecule has 12 aromatic rings. The average molecular weight is 744 g/mol. The SMILES string of the molecule is CC1(C)c2ccccc2-c2c(-c3ccc4c(c3)sc3ccccc34)nc(-n3c4ccc5c6ccccc6c6ccccc6c5c4c4ccc5ccccc5c43)nc21. The van der Waals surface area contributed by atoms with Crippen LogP contribution in [0.15, 0.2) is 164 Å². The number of thiophene rings is 1. The highest BCUT2D eigenvalue weighted by molar-refractivity contribution is 7.25. The Balaban J connectivity index is 1.21. The van der Waals surface area contributed by atoms with Crippen molar-refractivity contribution in [2.75, 3.05) is 0 Å². The Hall–Kier alpha value is -6.88. The lowest BCUT2D eigenvalue weighted by molar-refractivity contribution is 0.632. The molecule has 1 aliphatic carbocycles. The van der Waals surface area contributed by atoms with E-state index in [1.807, 2.05) is 11.3 Å². The molecule has 0 saturated heterocycles. The lowest BCUT2D eigenvalue weighted by atomic mass is 9.85. The molecule has 3 heterocycles. The third-order valence-corrected chi connectivity index (χ3v) is 13.9. The van der Waals surface area contributed by atoms with Gasteiger partial charge in [0.25, 0.3) is 0 Å². The Morgan fingerprint density at radius 1 is 0.491 bits per heavy atom. The largest absolute Gasteiger partial charge is 0.277 e. The summed E-state index contributed by atoms with van der Waals surface area (Å²) >= 11 is 1.85. The highest BCUT2D eigenvalue weighted by atomic mass is 32.1. The highest BCUT2D eigenvalue weighted by Gasteiger charge is 2.40. The van der Waals surface area contributed by atoms with Crippen LogP contribution in [0.25, 0.3) is 113 Å². The molecule has 266 valence electrons. The van der Waals surface area contributed by atoms with Crippen molar-refractivity contribution in [3.63, 3.8) is 0 Å². The zero-order chi connectivity index (χ0) is 37.6. The number of hydrogen-bond acceptors (Lipinski definition) is 3. The van der Waals surface area contributed by atoms with E-state index >= 15 is 0 Å². The van der Waals surface area contributed by atoms with Gasteiger partial charge in [-0.1, -0.05) is 159 Å². The van der Waals surface area contributed by atoms with E-state index in [2.05, 4.69) is 182 Å². The Morgan fingerprint density at radius 2 is 1.11 bits per heavy atom. The van der Waals surface area contributed by atoms with Crippen molar-refractivity contribution in [3.8, 4) is 28.3 Å². The van der Waals surface area contributed by atoms with Gasteiger partial charge in [0.2, 0.25) is 5.95 Å². The van der Waals surface area contributed by atoms with Crippen LogP contribution >= 0.6 is 11.3 Å². The van der Waals surface area contributed by atoms with Crippen LogP contribution in [0, 0.1) is 0 Å². The summed E-state index contributed by atoms with van der Waals surface area (Å²) < 4.78 is 4.94. The molecule has 57 heavy (non-hydrogen) atoms. The lowest BCUT2D eigenvalue weighted by Gasteiger charge is -2.21. The first-order chi connectivity index (χ1) is 28.0. The summed E-state index contributed by atoms with van der Waals surface area (Å²) in [6.07, 6.45) is 0. The molecule has 0 fully saturated rings. The molecule has 0 amide bonds. The Kier molecular flexibility index (Phi) is 6.12. The van der Waals surface area contributed by atoms with Gasteiger partial charge in [-0.15, -0.1) is 11.3 Å². The van der Waals surface area contributed by atoms with E-state index in [4.69, 9.17) is 9.97 Å². The Bertz CT molecular complexity index is 3700. The highest BCUT2D eigenvalue weighted by Crippen LogP contribution is 2.52. The van der Waals surface area contributed by atoms with Crippen molar-refractivity contribution >= 4 is 96.4 Å². The molecule has 13 rings (SSSR count). The maximum Gasteiger partial charge on any atom is 0.235 e. The van der Waals surface area contributed by atoms with Crippen molar-refractivity contribution in [3.05, 3.63) is 175 Å². The molecular formula is C53H33N3S. The van der Waals surface area contributed by atoms with Gasteiger partial charge in [-0.25, -0.2) is 9.97 Å². The third kappa shape index (κ3) is 4.10. The number of benzene rings is 9. The fourth-order valence-corrected chi connectivity index (χ4v) is 11.3. The van der Waals surface area contributed by atoms with Crippen LogP contribution in [0.5, 0.6) is 0 Å². The number of rotatable bonds is 2. The third-order valence-electron chi connectivity index (χ3n) is 12.7. The Morgan fingerprint density at radius 3 is 1.93 bits per heavy atom. The van der Waals surface area contributed by atoms with E-state index in [-0.39, 0.29) is 5.41 Å². The molecule has 0 saturated carbocycles. The molecule has 0 bridgehead atoms. The lowest BCUT2D eigenvalue weighted by Crippen LogP contribution is -2.18. The van der Waals surface area contributed by atoms with Crippen LogP contribution < -0.4 is 0 Å². The monoisotopic (exact) mass is 743 g/mol. The molecule has 0 aliphatic heterocycles. The van der Waals surface area contributed by atoms with Crippen LogP contribution in [-0.4, -0.2) is 14.5 Å². The molecule has 1 aliphatic rings. The zero-order valence-corrected chi connectivity index (χ0v) is 32.2. The minimum atomic E-state index is -0.331. The Labute approximate surface area is 332 Å². The number of fused-ring (bicyclic) bond motifs is 18. The van der Waals surface area contributed by atoms with E-state index < -0.39 is 0 Å². The molecule has 0 radical (unpaired) electrons. The van der Waals surface area contributed by atoms with Crippen molar-refractivity contribution in [2.45, 2.75) is 19.3 Å². The van der Waals surface area contributed by atoms with Crippen molar-refractivity contribution in [2.24, 2.45) is 0 Å². The molecule has 0 atom stereocenters.